The van der Waals surface area contributed by atoms with E-state index in [9.17, 15) is 14.5 Å². The van der Waals surface area contributed by atoms with Crippen molar-refractivity contribution in [2.45, 2.75) is 13.2 Å². The summed E-state index contributed by atoms with van der Waals surface area (Å²) in [6, 6.07) is 18.3. The Balaban J connectivity index is 1.41. The smallest absolute Gasteiger partial charge is 0.271 e. The van der Waals surface area contributed by atoms with E-state index in [4.69, 9.17) is 16.3 Å². The number of nitrogens with one attached hydrogen (secondary N) is 2. The van der Waals surface area contributed by atoms with Crippen LogP contribution in [0.3, 0.4) is 0 Å². The molecule has 0 amide bonds. The first-order valence-corrected chi connectivity index (χ1v) is 9.74. The third-order valence-corrected chi connectivity index (χ3v) is 4.64. The number of rotatable bonds is 10. The number of ether oxygens (including phenoxy) is 1. The lowest BCUT2D eigenvalue weighted by Crippen LogP contribution is -2.21. The van der Waals surface area contributed by atoms with E-state index < -0.39 is 4.92 Å². The molecule has 2 N–H and O–H groups in total. The molecule has 0 saturated heterocycles. The van der Waals surface area contributed by atoms with Gasteiger partial charge in [0.05, 0.1) is 15.6 Å². The molecular formula is C22H21ClFN3O3. The molecule has 3 aromatic carbocycles. The lowest BCUT2D eigenvalue weighted by molar-refractivity contribution is -0.384. The van der Waals surface area contributed by atoms with Crippen LogP contribution in [0.1, 0.15) is 11.1 Å². The third-order valence-electron chi connectivity index (χ3n) is 4.33. The molecule has 156 valence electrons. The van der Waals surface area contributed by atoms with E-state index in [-0.39, 0.29) is 11.5 Å². The molecule has 0 aromatic heterocycles. The molecule has 8 heteroatoms. The average molecular weight is 430 g/mol. The van der Waals surface area contributed by atoms with Crippen LogP contribution in [-0.2, 0) is 13.2 Å². The largest absolute Gasteiger partial charge is 0.489 e. The molecule has 0 spiro atoms. The number of benzene rings is 3. The molecule has 3 aromatic rings. The van der Waals surface area contributed by atoms with Gasteiger partial charge in [-0.3, -0.25) is 10.1 Å². The predicted molar refractivity (Wildman–Crippen MR) is 115 cm³/mol. The zero-order valence-corrected chi connectivity index (χ0v) is 16.9. The van der Waals surface area contributed by atoms with Gasteiger partial charge in [0.1, 0.15) is 18.2 Å². The third kappa shape index (κ3) is 6.43. The second-order valence-electron chi connectivity index (χ2n) is 6.59. The molecule has 0 atom stereocenters. The van der Waals surface area contributed by atoms with Crippen molar-refractivity contribution in [1.29, 1.82) is 0 Å². The number of nitrogens with zero attached hydrogens (tertiary/aromatic N) is 1. The fourth-order valence-electron chi connectivity index (χ4n) is 2.77. The Hall–Kier alpha value is -3.16. The number of nitro benzene ring substituents is 1. The summed E-state index contributed by atoms with van der Waals surface area (Å²) in [6.45, 7) is 2.31. The number of halogens is 2. The van der Waals surface area contributed by atoms with E-state index in [1.54, 1.807) is 18.2 Å². The fraction of sp³-hybridized carbons (Fsp3) is 0.182. The van der Waals surface area contributed by atoms with Gasteiger partial charge >= 0.3 is 0 Å². The average Bonchev–Trinajstić information content (AvgIpc) is 2.74. The van der Waals surface area contributed by atoms with Crippen LogP contribution >= 0.6 is 11.6 Å². The Kier molecular flexibility index (Phi) is 7.59. The monoisotopic (exact) mass is 429 g/mol. The maximum Gasteiger partial charge on any atom is 0.271 e. The Labute approximate surface area is 178 Å². The highest BCUT2D eigenvalue weighted by Crippen LogP contribution is 2.26. The van der Waals surface area contributed by atoms with E-state index in [0.29, 0.717) is 37.0 Å². The first-order chi connectivity index (χ1) is 14.5. The topological polar surface area (TPSA) is 76.4 Å². The van der Waals surface area contributed by atoms with Crippen LogP contribution in [0.5, 0.6) is 5.75 Å². The van der Waals surface area contributed by atoms with Gasteiger partial charge in [-0.1, -0.05) is 35.9 Å². The number of nitro groups is 1. The van der Waals surface area contributed by atoms with E-state index in [0.717, 1.165) is 16.9 Å². The summed E-state index contributed by atoms with van der Waals surface area (Å²) in [4.78, 5) is 10.3. The van der Waals surface area contributed by atoms with Gasteiger partial charge in [-0.05, 0) is 41.5 Å². The zero-order chi connectivity index (χ0) is 21.3. The molecule has 0 bridgehead atoms. The number of anilines is 1. The van der Waals surface area contributed by atoms with Crippen molar-refractivity contribution >= 4 is 23.0 Å². The van der Waals surface area contributed by atoms with Gasteiger partial charge in [-0.15, -0.1) is 0 Å². The standard InChI is InChI=1S/C22H21ClFN3O3/c23-21-13-19(27(28)29)8-9-22(21)26-11-10-25-14-17-2-1-3-20(12-17)30-15-16-4-6-18(24)7-5-16/h1-9,12-13,25-26H,10-11,14-15H2. The molecule has 0 aliphatic carbocycles. The van der Waals surface area contributed by atoms with E-state index in [2.05, 4.69) is 10.6 Å². The van der Waals surface area contributed by atoms with Crippen molar-refractivity contribution in [2.75, 3.05) is 18.4 Å². The minimum absolute atomic E-state index is 0.0368. The van der Waals surface area contributed by atoms with Gasteiger partial charge in [-0.2, -0.15) is 0 Å². The van der Waals surface area contributed by atoms with Crippen molar-refractivity contribution in [1.82, 2.24) is 5.32 Å². The van der Waals surface area contributed by atoms with Crippen LogP contribution in [0, 0.1) is 15.9 Å². The normalized spacial score (nSPS) is 10.6. The highest BCUT2D eigenvalue weighted by atomic mass is 35.5. The molecule has 0 radical (unpaired) electrons. The summed E-state index contributed by atoms with van der Waals surface area (Å²) in [5.74, 6) is 0.478. The van der Waals surface area contributed by atoms with Crippen molar-refractivity contribution < 1.29 is 14.1 Å². The van der Waals surface area contributed by atoms with Crippen LogP contribution in [0.25, 0.3) is 0 Å². The van der Waals surface area contributed by atoms with E-state index in [1.165, 1.54) is 24.3 Å². The Morgan fingerprint density at radius 2 is 1.80 bits per heavy atom. The van der Waals surface area contributed by atoms with E-state index >= 15 is 0 Å². The molecule has 6 nitrogen and oxygen atoms in total. The predicted octanol–water partition coefficient (Wildman–Crippen LogP) is 5.17. The molecule has 0 fully saturated rings. The number of hydrogen-bond acceptors (Lipinski definition) is 5. The lowest BCUT2D eigenvalue weighted by atomic mass is 10.2. The van der Waals surface area contributed by atoms with Gasteiger partial charge in [0.2, 0.25) is 0 Å². The first kappa shape index (κ1) is 21.5. The maximum absolute atomic E-state index is 13.0. The molecule has 30 heavy (non-hydrogen) atoms. The molecule has 0 aliphatic rings. The SMILES string of the molecule is O=[N+]([O-])c1ccc(NCCNCc2cccc(OCc3ccc(F)cc3)c2)c(Cl)c1. The Morgan fingerprint density at radius 1 is 1.00 bits per heavy atom. The van der Waals surface area contributed by atoms with Gasteiger partial charge in [0, 0.05) is 31.8 Å². The van der Waals surface area contributed by atoms with Crippen molar-refractivity contribution in [2.24, 2.45) is 0 Å². The quantitative estimate of drug-likeness (QED) is 0.264. The van der Waals surface area contributed by atoms with Gasteiger partial charge in [0.15, 0.2) is 0 Å². The van der Waals surface area contributed by atoms with Crippen molar-refractivity contribution in [3.8, 4) is 5.75 Å². The highest BCUT2D eigenvalue weighted by Gasteiger charge is 2.08. The number of hydrogen-bond donors (Lipinski definition) is 2. The first-order valence-electron chi connectivity index (χ1n) is 9.36. The van der Waals surface area contributed by atoms with Crippen LogP contribution in [-0.4, -0.2) is 18.0 Å². The second-order valence-corrected chi connectivity index (χ2v) is 6.99. The van der Waals surface area contributed by atoms with Crippen LogP contribution < -0.4 is 15.4 Å². The lowest BCUT2D eigenvalue weighted by Gasteiger charge is -2.11. The van der Waals surface area contributed by atoms with Crippen LogP contribution in [0.15, 0.2) is 66.7 Å². The molecule has 0 unspecified atom stereocenters. The highest BCUT2D eigenvalue weighted by molar-refractivity contribution is 6.33. The van der Waals surface area contributed by atoms with Gasteiger partial charge in [-0.25, -0.2) is 4.39 Å². The minimum atomic E-state index is -0.477. The summed E-state index contributed by atoms with van der Waals surface area (Å²) in [7, 11) is 0. The van der Waals surface area contributed by atoms with Crippen LogP contribution in [0.2, 0.25) is 5.02 Å². The molecule has 0 saturated carbocycles. The maximum atomic E-state index is 13.0. The summed E-state index contributed by atoms with van der Waals surface area (Å²) in [5.41, 5.74) is 2.58. The van der Waals surface area contributed by atoms with Crippen LogP contribution in [0.4, 0.5) is 15.8 Å². The second kappa shape index (κ2) is 10.6. The minimum Gasteiger partial charge on any atom is -0.489 e. The summed E-state index contributed by atoms with van der Waals surface area (Å²) < 4.78 is 18.7. The molecular weight excluding hydrogens is 409 g/mol. The zero-order valence-electron chi connectivity index (χ0n) is 16.1. The summed E-state index contributed by atoms with van der Waals surface area (Å²) >= 11 is 6.06. The van der Waals surface area contributed by atoms with Gasteiger partial charge in [0.25, 0.3) is 5.69 Å². The Morgan fingerprint density at radius 3 is 2.53 bits per heavy atom. The van der Waals surface area contributed by atoms with Crippen molar-refractivity contribution in [3.05, 3.63) is 98.8 Å². The molecule has 0 heterocycles. The summed E-state index contributed by atoms with van der Waals surface area (Å²) in [5, 5.41) is 17.5. The Bertz CT molecular complexity index is 999. The number of non-ortho nitro benzene ring substituents is 1. The molecule has 3 rings (SSSR count). The van der Waals surface area contributed by atoms with Crippen molar-refractivity contribution in [3.63, 3.8) is 0 Å². The molecule has 0 aliphatic heterocycles. The van der Waals surface area contributed by atoms with Gasteiger partial charge < -0.3 is 15.4 Å². The summed E-state index contributed by atoms with van der Waals surface area (Å²) in [6.07, 6.45) is 0. The van der Waals surface area contributed by atoms with E-state index in [1.807, 2.05) is 24.3 Å². The fourth-order valence-corrected chi connectivity index (χ4v) is 3.01.